The first-order valence-electron chi connectivity index (χ1n) is 5.46. The Labute approximate surface area is 119 Å². The molecule has 0 aliphatic rings. The molecular formula is C12H15IN2O3. The number of hydrogen-bond acceptors (Lipinski definition) is 2. The molecule has 0 aliphatic heterocycles. The fourth-order valence-electron chi connectivity index (χ4n) is 1.28. The van der Waals surface area contributed by atoms with Crippen molar-refractivity contribution < 1.29 is 14.7 Å². The zero-order chi connectivity index (χ0) is 13.7. The highest BCUT2D eigenvalue weighted by Gasteiger charge is 2.20. The van der Waals surface area contributed by atoms with Crippen LogP contribution in [0.15, 0.2) is 24.3 Å². The lowest BCUT2D eigenvalue weighted by Gasteiger charge is -2.18. The average molecular weight is 362 g/mol. The standard InChI is InChI=1S/C12H15IN2O3/c1-7(11(16)17)8(2)14-12(18)15-10-5-3-4-9(13)6-10/h3-8H,1-2H3,(H,16,17)(H2,14,15,18). The summed E-state index contributed by atoms with van der Waals surface area (Å²) in [7, 11) is 0. The third-order valence-electron chi connectivity index (χ3n) is 2.58. The molecule has 18 heavy (non-hydrogen) atoms. The van der Waals surface area contributed by atoms with Gasteiger partial charge < -0.3 is 15.7 Å². The number of carbonyl (C=O) groups excluding carboxylic acids is 1. The van der Waals surface area contributed by atoms with Crippen LogP contribution in [0.5, 0.6) is 0 Å². The SMILES string of the molecule is CC(NC(=O)Nc1cccc(I)c1)C(C)C(=O)O. The van der Waals surface area contributed by atoms with E-state index < -0.39 is 24.0 Å². The lowest BCUT2D eigenvalue weighted by atomic mass is 10.0. The highest BCUT2D eigenvalue weighted by atomic mass is 127. The molecule has 3 N–H and O–H groups in total. The quantitative estimate of drug-likeness (QED) is 0.721. The second-order valence-corrected chi connectivity index (χ2v) is 5.27. The van der Waals surface area contributed by atoms with Gasteiger partial charge in [-0.3, -0.25) is 4.79 Å². The van der Waals surface area contributed by atoms with Crippen molar-refractivity contribution in [3.05, 3.63) is 27.8 Å². The van der Waals surface area contributed by atoms with Crippen LogP contribution in [-0.4, -0.2) is 23.1 Å². The predicted octanol–water partition coefficient (Wildman–Crippen LogP) is 2.52. The second kappa shape index (κ2) is 6.58. The van der Waals surface area contributed by atoms with Crippen LogP contribution in [-0.2, 0) is 4.79 Å². The molecule has 0 bridgehead atoms. The topological polar surface area (TPSA) is 78.4 Å². The molecule has 1 rings (SSSR count). The van der Waals surface area contributed by atoms with E-state index in [1.807, 2.05) is 18.2 Å². The summed E-state index contributed by atoms with van der Waals surface area (Å²) in [6.07, 6.45) is 0. The van der Waals surface area contributed by atoms with E-state index in [2.05, 4.69) is 33.2 Å². The summed E-state index contributed by atoms with van der Waals surface area (Å²) < 4.78 is 1.01. The molecule has 0 spiro atoms. The second-order valence-electron chi connectivity index (χ2n) is 4.02. The number of rotatable bonds is 4. The van der Waals surface area contributed by atoms with Crippen LogP contribution in [0.4, 0.5) is 10.5 Å². The minimum atomic E-state index is -0.933. The van der Waals surface area contributed by atoms with Gasteiger partial charge >= 0.3 is 12.0 Å². The summed E-state index contributed by atoms with van der Waals surface area (Å²) in [6.45, 7) is 3.21. The summed E-state index contributed by atoms with van der Waals surface area (Å²) in [6, 6.07) is 6.50. The van der Waals surface area contributed by atoms with Gasteiger partial charge in [0, 0.05) is 15.3 Å². The Morgan fingerprint density at radius 3 is 2.56 bits per heavy atom. The third kappa shape index (κ3) is 4.52. The molecule has 2 amide bonds. The number of nitrogens with one attached hydrogen (secondary N) is 2. The molecule has 0 aromatic heterocycles. The number of amides is 2. The van der Waals surface area contributed by atoms with E-state index >= 15 is 0 Å². The molecule has 0 saturated heterocycles. The lowest BCUT2D eigenvalue weighted by molar-refractivity contribution is -0.141. The highest BCUT2D eigenvalue weighted by molar-refractivity contribution is 14.1. The maximum atomic E-state index is 11.6. The van der Waals surface area contributed by atoms with Gasteiger partial charge in [-0.25, -0.2) is 4.79 Å². The van der Waals surface area contributed by atoms with Gasteiger partial charge in [0.2, 0.25) is 0 Å². The van der Waals surface area contributed by atoms with E-state index in [-0.39, 0.29) is 0 Å². The number of halogens is 1. The highest BCUT2D eigenvalue weighted by Crippen LogP contribution is 2.12. The first-order valence-corrected chi connectivity index (χ1v) is 6.54. The monoisotopic (exact) mass is 362 g/mol. The molecule has 5 nitrogen and oxygen atoms in total. The summed E-state index contributed by atoms with van der Waals surface area (Å²) in [4.78, 5) is 22.4. The Morgan fingerprint density at radius 2 is 2.00 bits per heavy atom. The molecule has 0 fully saturated rings. The smallest absolute Gasteiger partial charge is 0.319 e. The Kier molecular flexibility index (Phi) is 5.39. The van der Waals surface area contributed by atoms with Crippen molar-refractivity contribution in [3.8, 4) is 0 Å². The van der Waals surface area contributed by atoms with E-state index in [4.69, 9.17) is 5.11 Å². The molecule has 2 atom stereocenters. The van der Waals surface area contributed by atoms with Crippen LogP contribution < -0.4 is 10.6 Å². The molecule has 98 valence electrons. The number of hydrogen-bond donors (Lipinski definition) is 3. The van der Waals surface area contributed by atoms with Crippen molar-refractivity contribution in [3.63, 3.8) is 0 Å². The first kappa shape index (κ1) is 14.7. The summed E-state index contributed by atoms with van der Waals surface area (Å²) in [5.41, 5.74) is 0.676. The molecule has 0 heterocycles. The molecular weight excluding hydrogens is 347 g/mol. The number of benzene rings is 1. The maximum absolute atomic E-state index is 11.6. The lowest BCUT2D eigenvalue weighted by Crippen LogP contribution is -2.42. The van der Waals surface area contributed by atoms with Crippen molar-refractivity contribution in [2.24, 2.45) is 5.92 Å². The number of aliphatic carboxylic acids is 1. The number of anilines is 1. The third-order valence-corrected chi connectivity index (χ3v) is 3.25. The summed E-state index contributed by atoms with van der Waals surface area (Å²) in [5, 5.41) is 14.1. The Hall–Kier alpha value is -1.31. The van der Waals surface area contributed by atoms with E-state index in [1.165, 1.54) is 0 Å². The first-order chi connectivity index (χ1) is 8.40. The van der Waals surface area contributed by atoms with E-state index in [0.29, 0.717) is 5.69 Å². The summed E-state index contributed by atoms with van der Waals surface area (Å²) >= 11 is 2.15. The van der Waals surface area contributed by atoms with Gasteiger partial charge in [0.05, 0.1) is 5.92 Å². The average Bonchev–Trinajstić information content (AvgIpc) is 2.27. The van der Waals surface area contributed by atoms with Crippen LogP contribution in [0.25, 0.3) is 0 Å². The van der Waals surface area contributed by atoms with Crippen molar-refractivity contribution in [2.75, 3.05) is 5.32 Å². The van der Waals surface area contributed by atoms with Crippen LogP contribution >= 0.6 is 22.6 Å². The van der Waals surface area contributed by atoms with Crippen LogP contribution in [0.3, 0.4) is 0 Å². The van der Waals surface area contributed by atoms with Gasteiger partial charge in [-0.15, -0.1) is 0 Å². The number of carboxylic acids is 1. The van der Waals surface area contributed by atoms with E-state index in [9.17, 15) is 9.59 Å². The zero-order valence-electron chi connectivity index (χ0n) is 10.1. The van der Waals surface area contributed by atoms with Gasteiger partial charge in [0.25, 0.3) is 0 Å². The molecule has 1 aromatic rings. The van der Waals surface area contributed by atoms with Gasteiger partial charge in [-0.2, -0.15) is 0 Å². The maximum Gasteiger partial charge on any atom is 0.319 e. The van der Waals surface area contributed by atoms with E-state index in [1.54, 1.807) is 19.9 Å². The van der Waals surface area contributed by atoms with Crippen molar-refractivity contribution >= 4 is 40.3 Å². The van der Waals surface area contributed by atoms with Gasteiger partial charge in [0.1, 0.15) is 0 Å². The minimum Gasteiger partial charge on any atom is -0.481 e. The molecule has 6 heteroatoms. The molecule has 2 unspecified atom stereocenters. The van der Waals surface area contributed by atoms with Gasteiger partial charge in [-0.1, -0.05) is 6.07 Å². The fourth-order valence-corrected chi connectivity index (χ4v) is 1.82. The molecule has 1 aromatic carbocycles. The van der Waals surface area contributed by atoms with Gasteiger partial charge in [-0.05, 0) is 54.6 Å². The Morgan fingerprint density at radius 1 is 1.33 bits per heavy atom. The number of carboxylic acid groups (broad SMARTS) is 1. The van der Waals surface area contributed by atoms with Crippen LogP contribution in [0.2, 0.25) is 0 Å². The van der Waals surface area contributed by atoms with Crippen molar-refractivity contribution in [1.29, 1.82) is 0 Å². The number of carbonyl (C=O) groups is 2. The van der Waals surface area contributed by atoms with Crippen molar-refractivity contribution in [2.45, 2.75) is 19.9 Å². The number of urea groups is 1. The zero-order valence-corrected chi connectivity index (χ0v) is 12.3. The Balaban J connectivity index is 2.54. The van der Waals surface area contributed by atoms with Crippen LogP contribution in [0, 0.1) is 9.49 Å². The van der Waals surface area contributed by atoms with E-state index in [0.717, 1.165) is 3.57 Å². The Bertz CT molecular complexity index is 451. The van der Waals surface area contributed by atoms with Gasteiger partial charge in [0.15, 0.2) is 0 Å². The normalized spacial score (nSPS) is 13.5. The molecule has 0 saturated carbocycles. The van der Waals surface area contributed by atoms with Crippen molar-refractivity contribution in [1.82, 2.24) is 5.32 Å². The summed E-state index contributed by atoms with van der Waals surface area (Å²) in [5.74, 6) is -1.57. The van der Waals surface area contributed by atoms with Crippen LogP contribution in [0.1, 0.15) is 13.8 Å². The molecule has 0 aliphatic carbocycles. The molecule has 0 radical (unpaired) electrons. The largest absolute Gasteiger partial charge is 0.481 e. The predicted molar refractivity (Wildman–Crippen MR) is 77.6 cm³/mol. The fraction of sp³-hybridized carbons (Fsp3) is 0.333. The minimum absolute atomic E-state index is 0.405.